The second-order valence-corrected chi connectivity index (χ2v) is 13.0. The monoisotopic (exact) mass is 639 g/mol. The maximum atomic E-state index is 13.1. The van der Waals surface area contributed by atoms with E-state index in [4.69, 9.17) is 19.6 Å². The number of carbonyl (C=O) groups excluding carboxylic acids is 1. The molecule has 2 aliphatic heterocycles. The summed E-state index contributed by atoms with van der Waals surface area (Å²) in [6, 6.07) is 20.1. The number of benzene rings is 2. The number of methoxy groups -OCH3 is 1. The van der Waals surface area contributed by atoms with Crippen LogP contribution in [0, 0.1) is 5.92 Å². The molecule has 0 unspecified atom stereocenters. The highest BCUT2D eigenvalue weighted by Crippen LogP contribution is 2.39. The molecule has 0 spiro atoms. The first-order valence-corrected chi connectivity index (χ1v) is 16.1. The predicted molar refractivity (Wildman–Crippen MR) is 177 cm³/mol. The Kier molecular flexibility index (Phi) is 9.22. The lowest BCUT2D eigenvalue weighted by molar-refractivity contribution is -0.118. The van der Waals surface area contributed by atoms with Crippen molar-refractivity contribution in [3.63, 3.8) is 0 Å². The summed E-state index contributed by atoms with van der Waals surface area (Å²) in [5.41, 5.74) is 8.91. The molecule has 2 bridgehead atoms. The summed E-state index contributed by atoms with van der Waals surface area (Å²) in [7, 11) is 1.54. The molecule has 246 valence electrons. The SMILES string of the molecule is COc1ccc([C@@H](CC(N)=O)c2oc(CN3C[C@H]4C[C@@H](C3)c3cccc(=O)n3C4)cc(=O)c2O)cc1OCc1ccc(C(C)C)cc1. The second kappa shape index (κ2) is 13.5. The van der Waals surface area contributed by atoms with Crippen molar-refractivity contribution in [2.75, 3.05) is 20.2 Å². The predicted octanol–water partition coefficient (Wildman–Crippen LogP) is 4.84. The van der Waals surface area contributed by atoms with Gasteiger partial charge in [-0.25, -0.2) is 0 Å². The Morgan fingerprint density at radius 1 is 1.00 bits per heavy atom. The Balaban J connectivity index is 1.27. The van der Waals surface area contributed by atoms with E-state index < -0.39 is 23.0 Å². The zero-order valence-electron chi connectivity index (χ0n) is 27.0. The van der Waals surface area contributed by atoms with E-state index in [-0.39, 0.29) is 36.2 Å². The highest BCUT2D eigenvalue weighted by molar-refractivity contribution is 5.75. The average molecular weight is 640 g/mol. The van der Waals surface area contributed by atoms with E-state index in [0.29, 0.717) is 48.4 Å². The van der Waals surface area contributed by atoms with Gasteiger partial charge in [-0.2, -0.15) is 0 Å². The van der Waals surface area contributed by atoms with Gasteiger partial charge < -0.3 is 29.3 Å². The molecular formula is C37H41N3O7. The molecule has 2 aromatic carbocycles. The average Bonchev–Trinajstić information content (AvgIpc) is 3.05. The number of nitrogens with two attached hydrogens (primary N) is 1. The van der Waals surface area contributed by atoms with Crippen LogP contribution in [-0.2, 0) is 24.5 Å². The van der Waals surface area contributed by atoms with Gasteiger partial charge in [0.05, 0.1) is 19.6 Å². The third-order valence-corrected chi connectivity index (χ3v) is 9.29. The first kappa shape index (κ1) is 32.1. The van der Waals surface area contributed by atoms with Crippen LogP contribution in [0.4, 0.5) is 0 Å². The summed E-state index contributed by atoms with van der Waals surface area (Å²) in [6.45, 7) is 6.99. The lowest BCUT2D eigenvalue weighted by Crippen LogP contribution is -2.46. The van der Waals surface area contributed by atoms with Crippen molar-refractivity contribution in [3.05, 3.63) is 121 Å². The highest BCUT2D eigenvalue weighted by atomic mass is 16.5. The fourth-order valence-electron chi connectivity index (χ4n) is 6.96. The van der Waals surface area contributed by atoms with Gasteiger partial charge in [0.2, 0.25) is 17.1 Å². The minimum absolute atomic E-state index is 0.0210. The molecule has 0 radical (unpaired) electrons. The zero-order chi connectivity index (χ0) is 33.2. The molecule has 2 aromatic heterocycles. The van der Waals surface area contributed by atoms with E-state index in [9.17, 15) is 19.5 Å². The van der Waals surface area contributed by atoms with Crippen LogP contribution in [0.2, 0.25) is 0 Å². The van der Waals surface area contributed by atoms with E-state index in [2.05, 4.69) is 30.9 Å². The van der Waals surface area contributed by atoms with Crippen molar-refractivity contribution in [1.29, 1.82) is 0 Å². The second-order valence-electron chi connectivity index (χ2n) is 13.0. The molecular weight excluding hydrogens is 598 g/mol. The Hall–Kier alpha value is -4.83. The van der Waals surface area contributed by atoms with Crippen LogP contribution in [0.1, 0.15) is 78.3 Å². The van der Waals surface area contributed by atoms with Crippen LogP contribution in [0.25, 0.3) is 0 Å². The van der Waals surface area contributed by atoms with Gasteiger partial charge in [0.1, 0.15) is 12.4 Å². The molecule has 2 aliphatic rings. The minimum Gasteiger partial charge on any atom is -0.502 e. The standard InChI is InChI=1S/C37H41N3O7/c1-22(2)25-9-7-23(8-10-25)21-46-33-14-26(11-12-32(33)45-3)29(16-34(38)42)37-36(44)31(41)15-28(47-37)20-39-17-24-13-27(19-39)30-5-4-6-35(43)40(30)18-24/h4-12,14-15,22,24,27,29,44H,13,16-21H2,1-3H3,(H2,38,42)/t24-,27+,29-/m1/s1. The highest BCUT2D eigenvalue weighted by Gasteiger charge is 2.35. The summed E-state index contributed by atoms with van der Waals surface area (Å²) in [6.07, 6.45) is 0.790. The number of rotatable bonds is 11. The number of hydrogen-bond donors (Lipinski definition) is 2. The Morgan fingerprint density at radius 3 is 2.49 bits per heavy atom. The van der Waals surface area contributed by atoms with Gasteiger partial charge in [0.25, 0.3) is 5.56 Å². The summed E-state index contributed by atoms with van der Waals surface area (Å²) >= 11 is 0. The molecule has 6 rings (SSSR count). The number of aromatic nitrogens is 1. The normalized spacial score (nSPS) is 18.0. The number of primary amides is 1. The largest absolute Gasteiger partial charge is 0.502 e. The summed E-state index contributed by atoms with van der Waals surface area (Å²) in [5, 5.41) is 11.0. The van der Waals surface area contributed by atoms with Crippen LogP contribution in [0.3, 0.4) is 0 Å². The lowest BCUT2D eigenvalue weighted by Gasteiger charge is -2.42. The molecule has 0 saturated carbocycles. The van der Waals surface area contributed by atoms with E-state index in [0.717, 1.165) is 24.2 Å². The van der Waals surface area contributed by atoms with Crippen molar-refractivity contribution in [3.8, 4) is 17.2 Å². The van der Waals surface area contributed by atoms with Crippen LogP contribution in [0.15, 0.2) is 80.7 Å². The molecule has 1 fully saturated rings. The molecule has 1 saturated heterocycles. The van der Waals surface area contributed by atoms with Gasteiger partial charge in [-0.3, -0.25) is 19.3 Å². The number of amides is 1. The number of pyridine rings is 1. The van der Waals surface area contributed by atoms with E-state index >= 15 is 0 Å². The number of likely N-dealkylation sites (tertiary alicyclic amines) is 1. The molecule has 10 nitrogen and oxygen atoms in total. The van der Waals surface area contributed by atoms with Gasteiger partial charge in [-0.05, 0) is 53.1 Å². The number of piperidine rings is 1. The molecule has 4 aromatic rings. The van der Waals surface area contributed by atoms with Gasteiger partial charge in [0, 0.05) is 49.8 Å². The molecule has 1 amide bonds. The first-order valence-electron chi connectivity index (χ1n) is 16.1. The Labute approximate surface area is 273 Å². The molecule has 3 N–H and O–H groups in total. The summed E-state index contributed by atoms with van der Waals surface area (Å²) in [5.74, 6) is 0.135. The summed E-state index contributed by atoms with van der Waals surface area (Å²) in [4.78, 5) is 40.1. The number of aromatic hydroxyl groups is 1. The first-order chi connectivity index (χ1) is 22.6. The van der Waals surface area contributed by atoms with E-state index in [1.165, 1.54) is 11.6 Å². The van der Waals surface area contributed by atoms with E-state index in [1.54, 1.807) is 37.4 Å². The third-order valence-electron chi connectivity index (χ3n) is 9.29. The molecule has 10 heteroatoms. The lowest BCUT2D eigenvalue weighted by atomic mass is 9.83. The van der Waals surface area contributed by atoms with Crippen LogP contribution in [0.5, 0.6) is 17.2 Å². The maximum absolute atomic E-state index is 13.1. The molecule has 0 aliphatic carbocycles. The van der Waals surface area contributed by atoms with Crippen molar-refractivity contribution in [2.45, 2.75) is 64.1 Å². The Bertz CT molecular complexity index is 1880. The number of hydrogen-bond acceptors (Lipinski definition) is 8. The van der Waals surface area contributed by atoms with Gasteiger partial charge in [-0.1, -0.05) is 50.2 Å². The van der Waals surface area contributed by atoms with Crippen LogP contribution in [-0.4, -0.2) is 40.7 Å². The fraction of sp³-hybridized carbons (Fsp3) is 0.378. The van der Waals surface area contributed by atoms with Crippen molar-refractivity contribution in [2.24, 2.45) is 11.7 Å². The molecule has 4 heterocycles. The molecule has 3 atom stereocenters. The number of fused-ring (bicyclic) bond motifs is 4. The zero-order valence-corrected chi connectivity index (χ0v) is 27.0. The number of carbonyl (C=O) groups is 1. The van der Waals surface area contributed by atoms with Gasteiger partial charge in [0.15, 0.2) is 17.3 Å². The van der Waals surface area contributed by atoms with Crippen LogP contribution >= 0.6 is 0 Å². The molecule has 47 heavy (non-hydrogen) atoms. The van der Waals surface area contributed by atoms with Crippen molar-refractivity contribution < 1.29 is 23.8 Å². The Morgan fingerprint density at radius 2 is 1.77 bits per heavy atom. The number of ether oxygens (including phenoxy) is 2. The smallest absolute Gasteiger partial charge is 0.250 e. The topological polar surface area (TPSA) is 137 Å². The maximum Gasteiger partial charge on any atom is 0.250 e. The fourth-order valence-corrected chi connectivity index (χ4v) is 6.96. The quantitative estimate of drug-likeness (QED) is 0.238. The minimum atomic E-state index is -0.849. The van der Waals surface area contributed by atoms with Gasteiger partial charge >= 0.3 is 0 Å². The van der Waals surface area contributed by atoms with Crippen LogP contribution < -0.4 is 26.2 Å². The van der Waals surface area contributed by atoms with Crippen molar-refractivity contribution >= 4 is 5.91 Å². The van der Waals surface area contributed by atoms with Gasteiger partial charge in [-0.15, -0.1) is 0 Å². The third kappa shape index (κ3) is 6.97. The van der Waals surface area contributed by atoms with Crippen molar-refractivity contribution in [1.82, 2.24) is 9.47 Å². The summed E-state index contributed by atoms with van der Waals surface area (Å²) < 4.78 is 19.8. The number of nitrogens with zero attached hydrogens (tertiary/aromatic N) is 2. The van der Waals surface area contributed by atoms with E-state index in [1.807, 2.05) is 22.8 Å².